The van der Waals surface area contributed by atoms with E-state index >= 15 is 0 Å². The van der Waals surface area contributed by atoms with E-state index in [-0.39, 0.29) is 0 Å². The average Bonchev–Trinajstić information content (AvgIpc) is 3.23. The van der Waals surface area contributed by atoms with Gasteiger partial charge in [-0.05, 0) is 12.1 Å². The zero-order valence-corrected chi connectivity index (χ0v) is 15.6. The maximum Gasteiger partial charge on any atom is 0.280 e. The van der Waals surface area contributed by atoms with E-state index in [2.05, 4.69) is 0 Å². The summed E-state index contributed by atoms with van der Waals surface area (Å²) in [5.41, 5.74) is 2.84. The Morgan fingerprint density at radius 3 is 2.18 bits per heavy atom. The summed E-state index contributed by atoms with van der Waals surface area (Å²) in [7, 11) is 0. The van der Waals surface area contributed by atoms with Gasteiger partial charge in [-0.1, -0.05) is 84.1 Å². The van der Waals surface area contributed by atoms with E-state index in [9.17, 15) is 0 Å². The number of fused-ring (bicyclic) bond motifs is 1. The summed E-state index contributed by atoms with van der Waals surface area (Å²) < 4.78 is 5.96. The van der Waals surface area contributed by atoms with E-state index in [1.54, 1.807) is 0 Å². The predicted molar refractivity (Wildman–Crippen MR) is 112 cm³/mol. The highest BCUT2D eigenvalue weighted by atomic mass is 32.1. The van der Waals surface area contributed by atoms with Crippen LogP contribution in [0.5, 0.6) is 0 Å². The Labute approximate surface area is 165 Å². The second-order valence-corrected chi connectivity index (χ2v) is 7.02. The fraction of sp³-hybridized carbons (Fsp3) is 0. The van der Waals surface area contributed by atoms with Crippen LogP contribution in [0.15, 0.2) is 99.7 Å². The van der Waals surface area contributed by atoms with Gasteiger partial charge in [-0.25, -0.2) is 9.97 Å². The number of benzene rings is 3. The minimum atomic E-state index is 0.557. The van der Waals surface area contributed by atoms with E-state index in [1.807, 2.05) is 90.3 Å². The molecule has 2 aromatic heterocycles. The van der Waals surface area contributed by atoms with Gasteiger partial charge in [-0.3, -0.25) is 0 Å². The third kappa shape index (κ3) is 3.23. The van der Waals surface area contributed by atoms with Crippen LogP contribution in [-0.4, -0.2) is 9.97 Å². The lowest BCUT2D eigenvalue weighted by Crippen LogP contribution is -1.95. The fourth-order valence-corrected chi connectivity index (χ4v) is 3.64. The average molecular weight is 381 g/mol. The number of nitrogens with zero attached hydrogens (tertiary/aromatic N) is 3. The molecule has 0 radical (unpaired) electrons. The minimum Gasteiger partial charge on any atom is -0.429 e. The van der Waals surface area contributed by atoms with Crippen LogP contribution < -0.4 is 4.87 Å². The molecule has 0 amide bonds. The van der Waals surface area contributed by atoms with Gasteiger partial charge in [-0.2, -0.15) is 4.99 Å². The van der Waals surface area contributed by atoms with Crippen LogP contribution in [0.4, 0.5) is 5.82 Å². The van der Waals surface area contributed by atoms with Gasteiger partial charge in [0.1, 0.15) is 5.76 Å². The molecular formula is C23H15N3OS. The number of hydrogen-bond acceptors (Lipinski definition) is 5. The lowest BCUT2D eigenvalue weighted by molar-refractivity contribution is 0.538. The second kappa shape index (κ2) is 7.21. The minimum absolute atomic E-state index is 0.557. The molecule has 0 fully saturated rings. The summed E-state index contributed by atoms with van der Waals surface area (Å²) in [6.45, 7) is 0. The molecule has 0 unspecified atom stereocenters. The molecule has 134 valence electrons. The maximum atomic E-state index is 5.96. The second-order valence-electron chi connectivity index (χ2n) is 6.20. The first kappa shape index (κ1) is 16.6. The Balaban J connectivity index is 1.66. The molecule has 2 heterocycles. The molecule has 3 aromatic carbocycles. The van der Waals surface area contributed by atoms with Gasteiger partial charge >= 0.3 is 0 Å². The number of hydrogen-bond donors (Lipinski definition) is 0. The van der Waals surface area contributed by atoms with E-state index in [4.69, 9.17) is 19.4 Å². The summed E-state index contributed by atoms with van der Waals surface area (Å²) in [6.07, 6.45) is 0. The molecule has 5 aromatic rings. The van der Waals surface area contributed by atoms with Crippen molar-refractivity contribution in [3.63, 3.8) is 0 Å². The molecule has 0 N–H and O–H groups in total. The van der Waals surface area contributed by atoms with Crippen molar-refractivity contribution in [2.45, 2.75) is 0 Å². The topological polar surface area (TPSA) is 51.3 Å². The quantitative estimate of drug-likeness (QED) is 0.394. The smallest absolute Gasteiger partial charge is 0.280 e. The Morgan fingerprint density at radius 2 is 1.39 bits per heavy atom. The Kier molecular flexibility index (Phi) is 4.27. The van der Waals surface area contributed by atoms with Crippen molar-refractivity contribution in [1.82, 2.24) is 9.97 Å². The predicted octanol–water partition coefficient (Wildman–Crippen LogP) is 5.85. The molecule has 4 nitrogen and oxygen atoms in total. The zero-order valence-electron chi connectivity index (χ0n) is 14.8. The first-order chi connectivity index (χ1) is 13.9. The van der Waals surface area contributed by atoms with Crippen molar-refractivity contribution in [2.75, 3.05) is 0 Å². The standard InChI is InChI=1S/C23H15N3OS/c1-3-9-16(10-4-1)20-15-28-23(27-20)26-22-18-13-7-8-14-19(18)24-21(25-22)17-11-5-2-6-12-17/h1-15H. The molecule has 5 rings (SSSR count). The van der Waals surface area contributed by atoms with Crippen LogP contribution in [0, 0.1) is 0 Å². The van der Waals surface area contributed by atoms with E-state index < -0.39 is 0 Å². The van der Waals surface area contributed by atoms with E-state index in [0.717, 1.165) is 27.8 Å². The van der Waals surface area contributed by atoms with Gasteiger partial charge < -0.3 is 4.42 Å². The zero-order chi connectivity index (χ0) is 18.8. The van der Waals surface area contributed by atoms with Gasteiger partial charge in [-0.15, -0.1) is 0 Å². The monoisotopic (exact) mass is 381 g/mol. The van der Waals surface area contributed by atoms with Gasteiger partial charge in [0.2, 0.25) is 0 Å². The largest absolute Gasteiger partial charge is 0.429 e. The van der Waals surface area contributed by atoms with Crippen molar-refractivity contribution in [1.29, 1.82) is 0 Å². The van der Waals surface area contributed by atoms with Gasteiger partial charge in [0.05, 0.1) is 5.52 Å². The summed E-state index contributed by atoms with van der Waals surface area (Å²) in [5.74, 6) is 2.05. The van der Waals surface area contributed by atoms with Gasteiger partial charge in [0, 0.05) is 21.9 Å². The van der Waals surface area contributed by atoms with Gasteiger partial charge in [0.25, 0.3) is 4.87 Å². The van der Waals surface area contributed by atoms with Crippen molar-refractivity contribution >= 4 is 28.1 Å². The number of rotatable bonds is 3. The first-order valence-corrected chi connectivity index (χ1v) is 9.76. The van der Waals surface area contributed by atoms with Crippen LogP contribution in [0.1, 0.15) is 0 Å². The molecule has 0 bridgehead atoms. The molecule has 0 atom stereocenters. The highest BCUT2D eigenvalue weighted by Gasteiger charge is 2.09. The highest BCUT2D eigenvalue weighted by Crippen LogP contribution is 2.27. The van der Waals surface area contributed by atoms with Crippen LogP contribution in [0.25, 0.3) is 33.6 Å². The Hall–Kier alpha value is -3.57. The van der Waals surface area contributed by atoms with Crippen LogP contribution in [0.2, 0.25) is 0 Å². The number of para-hydroxylation sites is 1. The van der Waals surface area contributed by atoms with Crippen LogP contribution in [-0.2, 0) is 0 Å². The van der Waals surface area contributed by atoms with Crippen molar-refractivity contribution in [2.24, 2.45) is 4.99 Å². The molecule has 28 heavy (non-hydrogen) atoms. The van der Waals surface area contributed by atoms with Crippen LogP contribution >= 0.6 is 11.3 Å². The van der Waals surface area contributed by atoms with E-state index in [0.29, 0.717) is 16.5 Å². The Bertz CT molecular complexity index is 1310. The van der Waals surface area contributed by atoms with Gasteiger partial charge in [0.15, 0.2) is 11.6 Å². The summed E-state index contributed by atoms with van der Waals surface area (Å²) in [5, 5.41) is 2.86. The van der Waals surface area contributed by atoms with E-state index in [1.165, 1.54) is 11.3 Å². The molecule has 0 saturated carbocycles. The van der Waals surface area contributed by atoms with Crippen molar-refractivity contribution < 1.29 is 4.42 Å². The summed E-state index contributed by atoms with van der Waals surface area (Å²) in [4.78, 5) is 14.7. The highest BCUT2D eigenvalue weighted by molar-refractivity contribution is 7.07. The number of aromatic nitrogens is 2. The normalized spacial score (nSPS) is 11.8. The fourth-order valence-electron chi connectivity index (χ4n) is 2.97. The van der Waals surface area contributed by atoms with Crippen LogP contribution in [0.3, 0.4) is 0 Å². The third-order valence-electron chi connectivity index (χ3n) is 4.33. The lowest BCUT2D eigenvalue weighted by Gasteiger charge is -2.05. The molecule has 0 aliphatic heterocycles. The lowest BCUT2D eigenvalue weighted by atomic mass is 10.2. The summed E-state index contributed by atoms with van der Waals surface area (Å²) in [6, 6.07) is 27.8. The third-order valence-corrected chi connectivity index (χ3v) is 5.04. The molecule has 0 saturated heterocycles. The molecule has 0 aliphatic carbocycles. The molecule has 0 spiro atoms. The van der Waals surface area contributed by atoms with Crippen molar-refractivity contribution in [3.8, 4) is 22.7 Å². The first-order valence-electron chi connectivity index (χ1n) is 8.88. The Morgan fingerprint density at radius 1 is 0.714 bits per heavy atom. The van der Waals surface area contributed by atoms with Crippen molar-refractivity contribution in [3.05, 3.63) is 95.2 Å². The molecule has 5 heteroatoms. The molecular weight excluding hydrogens is 366 g/mol. The maximum absolute atomic E-state index is 5.96. The molecule has 0 aliphatic rings. The SMILES string of the molecule is c1ccc(-c2nc(N=c3oc(-c4ccccc4)cs3)c3ccccc3n2)cc1. The summed E-state index contributed by atoms with van der Waals surface area (Å²) >= 11 is 1.46.